The van der Waals surface area contributed by atoms with Crippen molar-refractivity contribution in [3.05, 3.63) is 58.6 Å². The summed E-state index contributed by atoms with van der Waals surface area (Å²) in [5, 5.41) is 12.8. The van der Waals surface area contributed by atoms with Crippen molar-refractivity contribution in [3.8, 4) is 17.2 Å². The number of para-hydroxylation sites is 2. The van der Waals surface area contributed by atoms with Crippen molar-refractivity contribution in [1.82, 2.24) is 4.98 Å². The van der Waals surface area contributed by atoms with E-state index in [4.69, 9.17) is 23.7 Å². The lowest BCUT2D eigenvalue weighted by molar-refractivity contribution is -0.581. The molecule has 0 aliphatic heterocycles. The molecule has 10 nitrogen and oxygen atoms in total. The molecule has 3 rings (SSSR count). The Morgan fingerprint density at radius 2 is 1.62 bits per heavy atom. The summed E-state index contributed by atoms with van der Waals surface area (Å²) >= 11 is 0. The highest BCUT2D eigenvalue weighted by molar-refractivity contribution is 5.92. The fourth-order valence-electron chi connectivity index (χ4n) is 3.08. The molecule has 0 saturated heterocycles. The average Bonchev–Trinajstić information content (AvgIpc) is 2.81. The first-order chi connectivity index (χ1) is 15.4. The van der Waals surface area contributed by atoms with Crippen LogP contribution in [-0.4, -0.2) is 44.9 Å². The van der Waals surface area contributed by atoms with Gasteiger partial charge in [-0.3, -0.25) is 0 Å². The van der Waals surface area contributed by atoms with E-state index in [1.165, 1.54) is 39.5 Å². The molecule has 3 aromatic rings. The number of carbonyl (C=O) groups excluding carboxylic acids is 2. The molecule has 0 unspecified atom stereocenters. The lowest BCUT2D eigenvalue weighted by Crippen LogP contribution is -2.39. The number of hydrogen-bond donors (Lipinski definition) is 0. The van der Waals surface area contributed by atoms with Gasteiger partial charge in [0.1, 0.15) is 12.1 Å². The topological polar surface area (TPSA) is 120 Å². The molecule has 10 heteroatoms. The molecule has 1 aromatic heterocycles. The van der Waals surface area contributed by atoms with Crippen molar-refractivity contribution in [2.75, 3.05) is 27.9 Å². The fraction of sp³-hybridized carbons (Fsp3) is 0.273. The maximum atomic E-state index is 12.8. The van der Waals surface area contributed by atoms with Crippen LogP contribution in [0.3, 0.4) is 0 Å². The van der Waals surface area contributed by atoms with Gasteiger partial charge in [0.2, 0.25) is 11.3 Å². The number of esters is 2. The standard InChI is InChI=1S/C22H22N2O8/c1-5-31-22(26)19-15(23-14-8-6-7-9-16(14)24(19)27)12-32-21(25)13-10-17(28-2)20(30-4)18(11-13)29-3/h6-11H,5,12H2,1-4H3. The number of benzene rings is 2. The minimum absolute atomic E-state index is 0.0297. The number of carbonyl (C=O) groups is 2. The van der Waals surface area contributed by atoms with Crippen LogP contribution in [0.25, 0.3) is 11.0 Å². The van der Waals surface area contributed by atoms with Crippen molar-refractivity contribution < 1.29 is 38.0 Å². The number of fused-ring (bicyclic) bond motifs is 1. The summed E-state index contributed by atoms with van der Waals surface area (Å²) in [7, 11) is 4.28. The summed E-state index contributed by atoms with van der Waals surface area (Å²) in [5.74, 6) is -0.745. The lowest BCUT2D eigenvalue weighted by atomic mass is 10.2. The molecule has 0 saturated carbocycles. The first kappa shape index (κ1) is 22.6. The number of aromatic nitrogens is 2. The van der Waals surface area contributed by atoms with Gasteiger partial charge in [-0.15, -0.1) is 0 Å². The summed E-state index contributed by atoms with van der Waals surface area (Å²) < 4.78 is 26.5. The fourth-order valence-corrected chi connectivity index (χ4v) is 3.08. The van der Waals surface area contributed by atoms with Gasteiger partial charge in [0.05, 0.1) is 33.5 Å². The van der Waals surface area contributed by atoms with Crippen LogP contribution >= 0.6 is 0 Å². The average molecular weight is 442 g/mol. The van der Waals surface area contributed by atoms with Gasteiger partial charge < -0.3 is 28.9 Å². The summed E-state index contributed by atoms with van der Waals surface area (Å²) in [6.45, 7) is 1.25. The van der Waals surface area contributed by atoms with Crippen LogP contribution in [0.1, 0.15) is 33.5 Å². The van der Waals surface area contributed by atoms with Crippen molar-refractivity contribution >= 4 is 23.0 Å². The minimum Gasteiger partial charge on any atom is -0.618 e. The highest BCUT2D eigenvalue weighted by Gasteiger charge is 2.28. The molecule has 1 heterocycles. The number of nitrogens with zero attached hydrogens (tertiary/aromatic N) is 2. The second kappa shape index (κ2) is 9.82. The smallest absolute Gasteiger partial charge is 0.407 e. The van der Waals surface area contributed by atoms with E-state index >= 15 is 0 Å². The lowest BCUT2D eigenvalue weighted by Gasteiger charge is -2.14. The molecule has 32 heavy (non-hydrogen) atoms. The van der Waals surface area contributed by atoms with Gasteiger partial charge in [-0.1, -0.05) is 12.1 Å². The molecule has 168 valence electrons. The van der Waals surface area contributed by atoms with Crippen LogP contribution in [-0.2, 0) is 16.1 Å². The van der Waals surface area contributed by atoms with Crippen LogP contribution < -0.4 is 18.9 Å². The van der Waals surface area contributed by atoms with Gasteiger partial charge in [0.25, 0.3) is 0 Å². The Balaban J connectivity index is 1.96. The Labute approximate surface area is 183 Å². The number of rotatable bonds is 8. The Kier molecular flexibility index (Phi) is 6.93. The maximum absolute atomic E-state index is 12.8. The van der Waals surface area contributed by atoms with Crippen molar-refractivity contribution in [3.63, 3.8) is 0 Å². The van der Waals surface area contributed by atoms with Gasteiger partial charge in [0.15, 0.2) is 17.2 Å². The zero-order valence-electron chi connectivity index (χ0n) is 18.0. The predicted octanol–water partition coefficient (Wildman–Crippen LogP) is 2.43. The molecule has 0 fully saturated rings. The predicted molar refractivity (Wildman–Crippen MR) is 112 cm³/mol. The third-order valence-corrected chi connectivity index (χ3v) is 4.54. The molecule has 2 aromatic carbocycles. The molecule has 0 atom stereocenters. The second-order valence-corrected chi connectivity index (χ2v) is 6.40. The largest absolute Gasteiger partial charge is 0.618 e. The van der Waals surface area contributed by atoms with E-state index in [0.717, 1.165) is 0 Å². The van der Waals surface area contributed by atoms with Crippen molar-refractivity contribution in [2.24, 2.45) is 0 Å². The van der Waals surface area contributed by atoms with Crippen LogP contribution in [0.4, 0.5) is 0 Å². The van der Waals surface area contributed by atoms with E-state index in [0.29, 0.717) is 16.0 Å². The third kappa shape index (κ3) is 4.34. The van der Waals surface area contributed by atoms with Gasteiger partial charge in [-0.2, -0.15) is 4.73 Å². The molecule has 0 bridgehead atoms. The number of hydrogen-bond acceptors (Lipinski definition) is 9. The summed E-state index contributed by atoms with van der Waals surface area (Å²) in [5.41, 5.74) is 0.277. The van der Waals surface area contributed by atoms with E-state index in [1.54, 1.807) is 25.1 Å². The van der Waals surface area contributed by atoms with E-state index in [1.807, 2.05) is 0 Å². The van der Waals surface area contributed by atoms with Crippen molar-refractivity contribution in [2.45, 2.75) is 13.5 Å². The van der Waals surface area contributed by atoms with E-state index in [2.05, 4.69) is 4.98 Å². The maximum Gasteiger partial charge on any atom is 0.407 e. The monoisotopic (exact) mass is 442 g/mol. The molecule has 0 amide bonds. The van der Waals surface area contributed by atoms with Gasteiger partial charge in [-0.25, -0.2) is 14.6 Å². The zero-order chi connectivity index (χ0) is 23.3. The molecule has 0 aliphatic rings. The van der Waals surface area contributed by atoms with E-state index in [9.17, 15) is 14.8 Å². The highest BCUT2D eigenvalue weighted by Crippen LogP contribution is 2.38. The molecule has 0 spiro atoms. The zero-order valence-corrected chi connectivity index (χ0v) is 18.0. The van der Waals surface area contributed by atoms with Gasteiger partial charge in [0, 0.05) is 6.07 Å². The van der Waals surface area contributed by atoms with Crippen LogP contribution in [0.5, 0.6) is 17.2 Å². The third-order valence-electron chi connectivity index (χ3n) is 4.54. The molecular formula is C22H22N2O8. The van der Waals surface area contributed by atoms with Gasteiger partial charge >= 0.3 is 17.6 Å². The Hall–Kier alpha value is -4.08. The molecule has 0 radical (unpaired) electrons. The molecular weight excluding hydrogens is 420 g/mol. The first-order valence-electron chi connectivity index (χ1n) is 9.60. The van der Waals surface area contributed by atoms with E-state index in [-0.39, 0.29) is 40.6 Å². The van der Waals surface area contributed by atoms with Crippen LogP contribution in [0.2, 0.25) is 0 Å². The molecule has 0 N–H and O–H groups in total. The highest BCUT2D eigenvalue weighted by atomic mass is 16.5. The Morgan fingerprint density at radius 3 is 2.22 bits per heavy atom. The number of methoxy groups -OCH3 is 3. The van der Waals surface area contributed by atoms with Crippen LogP contribution in [0.15, 0.2) is 36.4 Å². The van der Waals surface area contributed by atoms with Crippen molar-refractivity contribution in [1.29, 1.82) is 0 Å². The number of ether oxygens (including phenoxy) is 5. The first-order valence-corrected chi connectivity index (χ1v) is 9.60. The quantitative estimate of drug-likeness (QED) is 0.294. The molecule has 0 aliphatic carbocycles. The summed E-state index contributed by atoms with van der Waals surface area (Å²) in [6.07, 6.45) is 0. The Bertz CT molecular complexity index is 1140. The van der Waals surface area contributed by atoms with Crippen LogP contribution in [0, 0.1) is 5.21 Å². The SMILES string of the molecule is CCOC(=O)c1c(COC(=O)c2cc(OC)c(OC)c(OC)c2)nc2ccccc2[n+]1[O-]. The summed E-state index contributed by atoms with van der Waals surface area (Å²) in [6, 6.07) is 9.35. The van der Waals surface area contributed by atoms with E-state index < -0.39 is 18.5 Å². The Morgan fingerprint density at radius 1 is 0.969 bits per heavy atom. The second-order valence-electron chi connectivity index (χ2n) is 6.40. The minimum atomic E-state index is -0.861. The summed E-state index contributed by atoms with van der Waals surface area (Å²) in [4.78, 5) is 29.4. The van der Waals surface area contributed by atoms with Gasteiger partial charge in [-0.05, 0) is 25.1 Å². The normalized spacial score (nSPS) is 10.5.